The quantitative estimate of drug-likeness (QED) is 0.744. The number of hydrogen-bond donors (Lipinski definition) is 1. The molecule has 1 heteroatoms. The molecule has 0 saturated heterocycles. The first-order valence-electron chi connectivity index (χ1n) is 7.89. The minimum atomic E-state index is 0.144. The zero-order valence-corrected chi connectivity index (χ0v) is 14.4. The van der Waals surface area contributed by atoms with Gasteiger partial charge in [0.15, 0.2) is 0 Å². The second-order valence-electron chi connectivity index (χ2n) is 8.40. The van der Waals surface area contributed by atoms with E-state index in [1.807, 2.05) is 0 Å². The van der Waals surface area contributed by atoms with Crippen molar-refractivity contribution in [3.63, 3.8) is 0 Å². The number of benzene rings is 1. The number of rotatable bonds is 2. The summed E-state index contributed by atoms with van der Waals surface area (Å²) in [6.07, 6.45) is 1.15. The van der Waals surface area contributed by atoms with Gasteiger partial charge in [-0.05, 0) is 45.8 Å². The van der Waals surface area contributed by atoms with E-state index >= 15 is 0 Å². The molecule has 0 heterocycles. The maximum Gasteiger partial charge on any atom is 0.122 e. The second-order valence-corrected chi connectivity index (χ2v) is 8.40. The first-order valence-corrected chi connectivity index (χ1v) is 7.89. The summed E-state index contributed by atoms with van der Waals surface area (Å²) in [7, 11) is 0. The molecule has 0 atom stereocenters. The van der Waals surface area contributed by atoms with Crippen molar-refractivity contribution >= 4 is 0 Å². The van der Waals surface area contributed by atoms with E-state index in [1.54, 1.807) is 0 Å². The Kier molecular flexibility index (Phi) is 3.48. The summed E-state index contributed by atoms with van der Waals surface area (Å²) in [5.74, 6) is 1.26. The van der Waals surface area contributed by atoms with Crippen LogP contribution >= 0.6 is 0 Å². The van der Waals surface area contributed by atoms with Gasteiger partial charge in [-0.1, -0.05) is 61.5 Å². The molecule has 2 rings (SSSR count). The van der Waals surface area contributed by atoms with Gasteiger partial charge in [0.25, 0.3) is 0 Å². The van der Waals surface area contributed by atoms with Crippen LogP contribution < -0.4 is 0 Å². The van der Waals surface area contributed by atoms with Gasteiger partial charge in [-0.2, -0.15) is 0 Å². The molecular formula is C19H30O. The van der Waals surface area contributed by atoms with Crippen LogP contribution in [0.15, 0.2) is 6.07 Å². The van der Waals surface area contributed by atoms with Crippen LogP contribution in [0, 0.1) is 0 Å². The Bertz CT molecular complexity index is 533. The molecule has 0 fully saturated rings. The van der Waals surface area contributed by atoms with Gasteiger partial charge in [-0.15, -0.1) is 0 Å². The van der Waals surface area contributed by atoms with Gasteiger partial charge in [0.2, 0.25) is 0 Å². The van der Waals surface area contributed by atoms with Crippen LogP contribution in [0.2, 0.25) is 0 Å². The zero-order chi connectivity index (χ0) is 15.5. The molecule has 1 aliphatic rings. The second kappa shape index (κ2) is 4.51. The third kappa shape index (κ3) is 2.16. The summed E-state index contributed by atoms with van der Waals surface area (Å²) in [5.41, 5.74) is 5.48. The Morgan fingerprint density at radius 2 is 1.50 bits per heavy atom. The first kappa shape index (κ1) is 15.4. The van der Waals surface area contributed by atoms with Crippen molar-refractivity contribution in [2.75, 3.05) is 0 Å². The van der Waals surface area contributed by atoms with Crippen LogP contribution in [0.1, 0.15) is 95.9 Å². The smallest absolute Gasteiger partial charge is 0.122 e. The lowest BCUT2D eigenvalue weighted by atomic mass is 9.78. The van der Waals surface area contributed by atoms with E-state index < -0.39 is 0 Å². The molecule has 112 valence electrons. The summed E-state index contributed by atoms with van der Waals surface area (Å²) in [4.78, 5) is 0. The van der Waals surface area contributed by atoms with Crippen molar-refractivity contribution in [3.05, 3.63) is 28.3 Å². The monoisotopic (exact) mass is 274 g/mol. The number of phenols is 1. The third-order valence-corrected chi connectivity index (χ3v) is 4.86. The molecule has 0 amide bonds. The Labute approximate surface area is 124 Å². The fraction of sp³-hybridized carbons (Fsp3) is 0.684. The van der Waals surface area contributed by atoms with Gasteiger partial charge in [-0.3, -0.25) is 0 Å². The Morgan fingerprint density at radius 1 is 0.950 bits per heavy atom. The van der Waals surface area contributed by atoms with Crippen molar-refractivity contribution in [3.8, 4) is 5.75 Å². The molecule has 1 nitrogen and oxygen atoms in total. The predicted octanol–water partition coefficient (Wildman–Crippen LogP) is 5.60. The van der Waals surface area contributed by atoms with E-state index in [0.29, 0.717) is 17.6 Å². The number of hydrogen-bond acceptors (Lipinski definition) is 1. The minimum Gasteiger partial charge on any atom is -0.507 e. The molecule has 0 spiro atoms. The van der Waals surface area contributed by atoms with Gasteiger partial charge >= 0.3 is 0 Å². The summed E-state index contributed by atoms with van der Waals surface area (Å²) in [6, 6.07) is 2.27. The zero-order valence-electron chi connectivity index (χ0n) is 14.4. The number of aromatic hydroxyl groups is 1. The normalized spacial score (nSPS) is 19.7. The summed E-state index contributed by atoms with van der Waals surface area (Å²) in [6.45, 7) is 18.0. The largest absolute Gasteiger partial charge is 0.507 e. The van der Waals surface area contributed by atoms with Gasteiger partial charge < -0.3 is 5.11 Å². The highest BCUT2D eigenvalue weighted by atomic mass is 16.3. The van der Waals surface area contributed by atoms with Crippen LogP contribution in [-0.2, 0) is 10.8 Å². The molecule has 1 N–H and O–H groups in total. The lowest BCUT2D eigenvalue weighted by molar-refractivity contribution is 0.400. The van der Waals surface area contributed by atoms with Crippen LogP contribution in [0.3, 0.4) is 0 Å². The lowest BCUT2D eigenvalue weighted by Crippen LogP contribution is -2.18. The van der Waals surface area contributed by atoms with E-state index in [1.165, 1.54) is 16.7 Å². The van der Waals surface area contributed by atoms with E-state index in [-0.39, 0.29) is 10.8 Å². The molecular weight excluding hydrogens is 244 g/mol. The maximum atomic E-state index is 10.8. The average molecular weight is 274 g/mol. The van der Waals surface area contributed by atoms with Crippen molar-refractivity contribution in [1.29, 1.82) is 0 Å². The summed E-state index contributed by atoms with van der Waals surface area (Å²) >= 11 is 0. The van der Waals surface area contributed by atoms with Crippen molar-refractivity contribution in [1.82, 2.24) is 0 Å². The van der Waals surface area contributed by atoms with Crippen molar-refractivity contribution < 1.29 is 5.11 Å². The predicted molar refractivity (Wildman–Crippen MR) is 87.0 cm³/mol. The molecule has 0 radical (unpaired) electrons. The average Bonchev–Trinajstić information content (AvgIpc) is 2.42. The molecule has 1 aromatic carbocycles. The SMILES string of the molecule is CC(C)c1cc2c(c(C(C)C)c1O)C(C)(C)CC2(C)C. The van der Waals surface area contributed by atoms with Gasteiger partial charge in [0.1, 0.15) is 5.75 Å². The van der Waals surface area contributed by atoms with Crippen LogP contribution in [0.25, 0.3) is 0 Å². The Morgan fingerprint density at radius 3 is 1.95 bits per heavy atom. The number of fused-ring (bicyclic) bond motifs is 1. The Balaban J connectivity index is 2.88. The summed E-state index contributed by atoms with van der Waals surface area (Å²) < 4.78 is 0. The minimum absolute atomic E-state index is 0.144. The highest BCUT2D eigenvalue weighted by Crippen LogP contribution is 2.55. The van der Waals surface area contributed by atoms with Crippen molar-refractivity contribution in [2.45, 2.75) is 84.5 Å². The molecule has 0 aromatic heterocycles. The third-order valence-electron chi connectivity index (χ3n) is 4.86. The highest BCUT2D eigenvalue weighted by molar-refractivity contribution is 5.59. The van der Waals surface area contributed by atoms with Gasteiger partial charge in [0.05, 0.1) is 0 Å². The van der Waals surface area contributed by atoms with E-state index in [0.717, 1.165) is 12.0 Å². The standard InChI is InChI=1S/C19H30O/c1-11(2)13-9-14-16(15(12(3)4)17(13)20)19(7,8)10-18(14,5)6/h9,11-12,20H,10H2,1-8H3. The van der Waals surface area contributed by atoms with Gasteiger partial charge in [0, 0.05) is 5.56 Å². The van der Waals surface area contributed by atoms with Crippen LogP contribution in [0.5, 0.6) is 5.75 Å². The molecule has 0 unspecified atom stereocenters. The molecule has 1 aromatic rings. The van der Waals surface area contributed by atoms with E-state index in [9.17, 15) is 5.11 Å². The summed E-state index contributed by atoms with van der Waals surface area (Å²) in [5, 5.41) is 10.8. The van der Waals surface area contributed by atoms with Crippen LogP contribution in [-0.4, -0.2) is 5.11 Å². The van der Waals surface area contributed by atoms with E-state index in [4.69, 9.17) is 0 Å². The van der Waals surface area contributed by atoms with Gasteiger partial charge in [-0.25, -0.2) is 0 Å². The highest BCUT2D eigenvalue weighted by Gasteiger charge is 2.45. The topological polar surface area (TPSA) is 20.2 Å². The number of phenolic OH excluding ortho intramolecular Hbond substituents is 1. The molecule has 1 aliphatic carbocycles. The molecule has 0 saturated carbocycles. The molecule has 0 bridgehead atoms. The van der Waals surface area contributed by atoms with Crippen LogP contribution in [0.4, 0.5) is 0 Å². The molecule has 20 heavy (non-hydrogen) atoms. The lowest BCUT2D eigenvalue weighted by Gasteiger charge is -2.27. The molecule has 0 aliphatic heterocycles. The fourth-order valence-corrected chi connectivity index (χ4v) is 4.27. The first-order chi connectivity index (χ1) is 8.99. The van der Waals surface area contributed by atoms with E-state index in [2.05, 4.69) is 61.5 Å². The van der Waals surface area contributed by atoms with Crippen molar-refractivity contribution in [2.24, 2.45) is 0 Å². The Hall–Kier alpha value is -0.980. The maximum absolute atomic E-state index is 10.8. The fourth-order valence-electron chi connectivity index (χ4n) is 4.27.